The zero-order chi connectivity index (χ0) is 45.1. The summed E-state index contributed by atoms with van der Waals surface area (Å²) in [5.41, 5.74) is 7.15. The minimum absolute atomic E-state index is 0.150. The maximum absolute atomic E-state index is 14.1. The molecule has 0 aliphatic carbocycles. The Hall–Kier alpha value is -7.42. The number of ether oxygens (including phenoxy) is 3. The minimum Gasteiger partial charge on any atom is -0.496 e. The van der Waals surface area contributed by atoms with Crippen LogP contribution < -0.4 is 15.4 Å². The van der Waals surface area contributed by atoms with Crippen LogP contribution in [0.15, 0.2) is 109 Å². The Morgan fingerprint density at radius 3 is 1.98 bits per heavy atom. The number of para-hydroxylation sites is 1. The molecule has 2 fully saturated rings. The van der Waals surface area contributed by atoms with E-state index in [-0.39, 0.29) is 29.8 Å². The molecule has 4 aromatic carbocycles. The number of hydrogen-bond acceptors (Lipinski definition) is 9. The van der Waals surface area contributed by atoms with Crippen LogP contribution in [0.1, 0.15) is 68.4 Å². The van der Waals surface area contributed by atoms with Gasteiger partial charge in [0.05, 0.1) is 57.2 Å². The molecule has 4 heterocycles. The molecule has 4 N–H and O–H groups in total. The summed E-state index contributed by atoms with van der Waals surface area (Å²) in [4.78, 5) is 72.1. The summed E-state index contributed by atoms with van der Waals surface area (Å²) in [6.07, 6.45) is 4.29. The molecule has 2 aliphatic heterocycles. The van der Waals surface area contributed by atoms with Crippen LogP contribution in [-0.2, 0) is 19.1 Å². The van der Waals surface area contributed by atoms with Gasteiger partial charge in [0.1, 0.15) is 29.5 Å². The van der Waals surface area contributed by atoms with Gasteiger partial charge in [-0.2, -0.15) is 0 Å². The van der Waals surface area contributed by atoms with Crippen molar-refractivity contribution in [3.8, 4) is 39.4 Å². The quantitative estimate of drug-likeness (QED) is 0.0880. The van der Waals surface area contributed by atoms with Gasteiger partial charge < -0.3 is 44.6 Å². The van der Waals surface area contributed by atoms with Crippen molar-refractivity contribution >= 4 is 34.8 Å². The molecule has 2 aromatic heterocycles. The maximum Gasteiger partial charge on any atom is 0.407 e. The molecule has 330 valence electrons. The van der Waals surface area contributed by atoms with E-state index < -0.39 is 24.3 Å². The molecular weight excluding hydrogens is 813 g/mol. The van der Waals surface area contributed by atoms with Crippen molar-refractivity contribution in [1.82, 2.24) is 40.4 Å². The number of rotatable bonds is 12. The first-order valence-corrected chi connectivity index (χ1v) is 21.3. The highest BCUT2D eigenvalue weighted by Crippen LogP contribution is 2.38. The number of H-pyrrole nitrogens is 2. The molecule has 64 heavy (non-hydrogen) atoms. The van der Waals surface area contributed by atoms with Crippen molar-refractivity contribution in [1.29, 1.82) is 0 Å². The molecule has 15 nitrogen and oxygen atoms in total. The topological polar surface area (TPSA) is 184 Å². The van der Waals surface area contributed by atoms with Gasteiger partial charge in [-0.15, -0.1) is 0 Å². The van der Waals surface area contributed by atoms with Gasteiger partial charge in [-0.05, 0) is 70.8 Å². The number of imidazole rings is 2. The number of carbonyl (C=O) groups is 4. The Balaban J connectivity index is 0.954. The predicted octanol–water partition coefficient (Wildman–Crippen LogP) is 8.27. The SMILES string of the molecule is C=C1CC(c2ncc(-c3ccc4cc(-c5ccc(-c6cnc(C7CCCN7C(=O)C(NC(=O)OC)c7ccccc7OC)[nH]6)cc5)ccc4c3)[nH]2)N(C(=O)C(NC(=O)OC)C(C)C)C1. The van der Waals surface area contributed by atoms with Gasteiger partial charge in [-0.1, -0.05) is 92.7 Å². The van der Waals surface area contributed by atoms with Gasteiger partial charge in [-0.25, -0.2) is 19.6 Å². The number of nitrogens with zero attached hydrogens (tertiary/aromatic N) is 4. The third-order valence-corrected chi connectivity index (χ3v) is 12.1. The number of nitrogens with one attached hydrogen (secondary N) is 4. The molecule has 0 radical (unpaired) electrons. The molecule has 0 saturated carbocycles. The fourth-order valence-electron chi connectivity index (χ4n) is 8.73. The number of aromatic amines is 2. The van der Waals surface area contributed by atoms with Gasteiger partial charge in [0.2, 0.25) is 5.91 Å². The number of amides is 4. The lowest BCUT2D eigenvalue weighted by Crippen LogP contribution is -2.51. The molecule has 2 saturated heterocycles. The summed E-state index contributed by atoms with van der Waals surface area (Å²) in [5, 5.41) is 7.54. The average Bonchev–Trinajstić information content (AvgIpc) is 4.16. The number of carbonyl (C=O) groups excluding carboxylic acids is 4. The van der Waals surface area contributed by atoms with E-state index in [9.17, 15) is 19.2 Å². The summed E-state index contributed by atoms with van der Waals surface area (Å²) in [6, 6.07) is 25.6. The molecule has 15 heteroatoms. The van der Waals surface area contributed by atoms with E-state index in [1.807, 2.05) is 19.9 Å². The van der Waals surface area contributed by atoms with Crippen LogP contribution in [0.3, 0.4) is 0 Å². The van der Waals surface area contributed by atoms with Gasteiger partial charge in [0.25, 0.3) is 5.91 Å². The van der Waals surface area contributed by atoms with Gasteiger partial charge >= 0.3 is 12.2 Å². The van der Waals surface area contributed by atoms with Crippen LogP contribution in [0.2, 0.25) is 0 Å². The van der Waals surface area contributed by atoms with Crippen molar-refractivity contribution in [2.75, 3.05) is 34.4 Å². The summed E-state index contributed by atoms with van der Waals surface area (Å²) >= 11 is 0. The first-order chi connectivity index (χ1) is 31.0. The van der Waals surface area contributed by atoms with Crippen molar-refractivity contribution in [2.45, 2.75) is 57.3 Å². The van der Waals surface area contributed by atoms with Crippen molar-refractivity contribution in [3.05, 3.63) is 127 Å². The first-order valence-electron chi connectivity index (χ1n) is 21.3. The van der Waals surface area contributed by atoms with Crippen LogP contribution >= 0.6 is 0 Å². The van der Waals surface area contributed by atoms with Gasteiger partial charge in [0.15, 0.2) is 0 Å². The molecule has 4 atom stereocenters. The fourth-order valence-corrected chi connectivity index (χ4v) is 8.73. The Morgan fingerprint density at radius 2 is 1.31 bits per heavy atom. The number of hydrogen-bond donors (Lipinski definition) is 4. The third-order valence-electron chi connectivity index (χ3n) is 12.1. The molecule has 4 amide bonds. The Bertz CT molecular complexity index is 2710. The second-order valence-electron chi connectivity index (χ2n) is 16.5. The smallest absolute Gasteiger partial charge is 0.407 e. The number of methoxy groups -OCH3 is 3. The molecule has 6 aromatic rings. The van der Waals surface area contributed by atoms with E-state index in [1.165, 1.54) is 21.3 Å². The Morgan fingerprint density at radius 1 is 0.719 bits per heavy atom. The third kappa shape index (κ3) is 8.78. The molecule has 0 bridgehead atoms. The fraction of sp³-hybridized carbons (Fsp3) is 0.306. The van der Waals surface area contributed by atoms with E-state index in [4.69, 9.17) is 24.2 Å². The monoisotopic (exact) mass is 864 g/mol. The summed E-state index contributed by atoms with van der Waals surface area (Å²) in [7, 11) is 4.07. The molecule has 2 aliphatic rings. The maximum atomic E-state index is 14.1. The first kappa shape index (κ1) is 43.2. The van der Waals surface area contributed by atoms with Gasteiger partial charge in [-0.3, -0.25) is 9.59 Å². The highest BCUT2D eigenvalue weighted by atomic mass is 16.5. The van der Waals surface area contributed by atoms with Crippen LogP contribution in [0.25, 0.3) is 44.4 Å². The standard InChI is InChI=1S/C49H52N8O7/c1-28(2)42(54-48(60)63-5)46(58)57-27-29(3)22-40(57)45-51-26-38(53-45)35-20-19-33-23-32(17-18-34(33)24-35)30-13-15-31(16-14-30)37-25-50-44(52-37)39-11-9-21-56(39)47(59)43(55-49(61)64-6)36-10-7-8-12-41(36)62-4/h7-8,10,12-20,23-26,28,39-40,42-43H,3,9,11,21-22,27H2,1-2,4-6H3,(H,50,52)(H,51,53)(H,54,60)(H,55,61). The number of likely N-dealkylation sites (tertiary alicyclic amines) is 2. The van der Waals surface area contributed by atoms with Crippen LogP contribution in [-0.4, -0.2) is 94.2 Å². The van der Waals surface area contributed by atoms with Crippen molar-refractivity contribution in [2.24, 2.45) is 5.92 Å². The Labute approximate surface area is 371 Å². The summed E-state index contributed by atoms with van der Waals surface area (Å²) in [6.45, 7) is 8.82. The number of benzene rings is 4. The second-order valence-corrected chi connectivity index (χ2v) is 16.5. The lowest BCUT2D eigenvalue weighted by molar-refractivity contribution is -0.135. The van der Waals surface area contributed by atoms with E-state index in [0.717, 1.165) is 62.8 Å². The largest absolute Gasteiger partial charge is 0.496 e. The van der Waals surface area contributed by atoms with Crippen LogP contribution in [0.4, 0.5) is 9.59 Å². The van der Waals surface area contributed by atoms with Crippen LogP contribution in [0.5, 0.6) is 5.75 Å². The Kier molecular flexibility index (Phi) is 12.5. The normalized spacial score (nSPS) is 17.1. The van der Waals surface area contributed by atoms with Crippen molar-refractivity contribution < 1.29 is 33.4 Å². The molecule has 0 spiro atoms. The summed E-state index contributed by atoms with van der Waals surface area (Å²) in [5.74, 6) is 1.19. The highest BCUT2D eigenvalue weighted by Gasteiger charge is 2.40. The van der Waals surface area contributed by atoms with Gasteiger partial charge in [0, 0.05) is 24.2 Å². The molecule has 8 rings (SSSR count). The van der Waals surface area contributed by atoms with E-state index in [2.05, 4.69) is 87.8 Å². The van der Waals surface area contributed by atoms with Crippen molar-refractivity contribution in [3.63, 3.8) is 0 Å². The van der Waals surface area contributed by atoms with Crippen LogP contribution in [0, 0.1) is 5.92 Å². The lowest BCUT2D eigenvalue weighted by atomic mass is 9.98. The minimum atomic E-state index is -1.01. The molecule has 4 unspecified atom stereocenters. The number of aromatic nitrogens is 4. The van der Waals surface area contributed by atoms with E-state index >= 15 is 0 Å². The zero-order valence-corrected chi connectivity index (χ0v) is 36.5. The number of fused-ring (bicyclic) bond motifs is 1. The lowest BCUT2D eigenvalue weighted by Gasteiger charge is -2.29. The average molecular weight is 865 g/mol. The van der Waals surface area contributed by atoms with E-state index in [0.29, 0.717) is 42.5 Å². The molecular formula is C49H52N8O7. The zero-order valence-electron chi connectivity index (χ0n) is 36.5. The predicted molar refractivity (Wildman–Crippen MR) is 242 cm³/mol. The highest BCUT2D eigenvalue weighted by molar-refractivity contribution is 5.91. The summed E-state index contributed by atoms with van der Waals surface area (Å²) < 4.78 is 15.2. The number of alkyl carbamates (subject to hydrolysis) is 2. The second kappa shape index (κ2) is 18.5. The van der Waals surface area contributed by atoms with E-state index in [1.54, 1.807) is 40.4 Å².